The fraction of sp³-hybridized carbons (Fsp3) is 0.667. The topological polar surface area (TPSA) is 97.2 Å². The van der Waals surface area contributed by atoms with Crippen molar-refractivity contribution in [3.05, 3.63) is 23.8 Å². The van der Waals surface area contributed by atoms with E-state index in [-0.39, 0.29) is 36.4 Å². The molecule has 0 aromatic rings. The van der Waals surface area contributed by atoms with E-state index < -0.39 is 0 Å². The summed E-state index contributed by atoms with van der Waals surface area (Å²) in [6, 6.07) is 0. The second-order valence-electron chi connectivity index (χ2n) is 7.29. The minimum Gasteiger partial charge on any atom is -0.396 e. The van der Waals surface area contributed by atoms with Gasteiger partial charge in [-0.05, 0) is 44.3 Å². The van der Waals surface area contributed by atoms with E-state index in [2.05, 4.69) is 10.5 Å². The maximum atomic E-state index is 12.4. The molecule has 3 atom stereocenters. The van der Waals surface area contributed by atoms with Gasteiger partial charge in [-0.15, -0.1) is 0 Å². The van der Waals surface area contributed by atoms with Crippen LogP contribution in [-0.4, -0.2) is 54.5 Å². The van der Waals surface area contributed by atoms with Crippen LogP contribution >= 0.6 is 0 Å². The molecule has 0 saturated carbocycles. The summed E-state index contributed by atoms with van der Waals surface area (Å²) < 4.78 is 5.84. The number of Topliss-reactive ketones (excluding diaryl/α,β-unsaturated/α-hetero) is 1. The van der Waals surface area contributed by atoms with Gasteiger partial charge in [-0.25, -0.2) is 4.99 Å². The Labute approximate surface area is 166 Å². The van der Waals surface area contributed by atoms with Crippen molar-refractivity contribution in [2.75, 3.05) is 19.8 Å². The van der Waals surface area contributed by atoms with Crippen molar-refractivity contribution < 1.29 is 24.3 Å². The third kappa shape index (κ3) is 7.39. The molecule has 2 heterocycles. The van der Waals surface area contributed by atoms with Crippen LogP contribution in [-0.2, 0) is 19.2 Å². The van der Waals surface area contributed by atoms with Gasteiger partial charge in [0.15, 0.2) is 0 Å². The highest BCUT2D eigenvalue weighted by Crippen LogP contribution is 2.25. The summed E-state index contributed by atoms with van der Waals surface area (Å²) in [7, 11) is 0. The van der Waals surface area contributed by atoms with Crippen LogP contribution in [0.5, 0.6) is 0 Å². The van der Waals surface area contributed by atoms with E-state index in [1.165, 1.54) is 0 Å². The molecule has 0 aliphatic carbocycles. The van der Waals surface area contributed by atoms with Crippen LogP contribution in [0.25, 0.3) is 0 Å². The molecular weight excluding hydrogens is 360 g/mol. The van der Waals surface area contributed by atoms with Gasteiger partial charge in [0.1, 0.15) is 5.78 Å². The second kappa shape index (κ2) is 12.0. The molecule has 0 aromatic carbocycles. The number of nitrogens with one attached hydrogen (secondary N) is 1. The van der Waals surface area contributed by atoms with Crippen LogP contribution in [0.15, 0.2) is 28.8 Å². The number of ketones is 1. The molecule has 2 aliphatic heterocycles. The molecule has 28 heavy (non-hydrogen) atoms. The zero-order valence-electron chi connectivity index (χ0n) is 16.9. The van der Waals surface area contributed by atoms with Crippen LogP contribution in [0.3, 0.4) is 0 Å². The zero-order valence-corrected chi connectivity index (χ0v) is 16.9. The van der Waals surface area contributed by atoms with Crippen LogP contribution < -0.4 is 5.48 Å². The fourth-order valence-corrected chi connectivity index (χ4v) is 3.15. The first kappa shape index (κ1) is 22.6. The Morgan fingerprint density at radius 3 is 3.07 bits per heavy atom. The third-order valence-corrected chi connectivity index (χ3v) is 5.11. The lowest BCUT2D eigenvalue weighted by atomic mass is 10.0. The molecular formula is C21H32N2O5. The fourth-order valence-electron chi connectivity index (χ4n) is 3.15. The summed E-state index contributed by atoms with van der Waals surface area (Å²) in [5, 5.41) is 9.00. The molecule has 2 N–H and O–H groups in total. The lowest BCUT2D eigenvalue weighted by Gasteiger charge is -2.10. The monoisotopic (exact) mass is 392 g/mol. The molecule has 1 fully saturated rings. The first-order valence-corrected chi connectivity index (χ1v) is 10.2. The molecule has 2 aliphatic rings. The van der Waals surface area contributed by atoms with Crippen molar-refractivity contribution in [3.8, 4) is 0 Å². The van der Waals surface area contributed by atoms with Gasteiger partial charge in [-0.1, -0.05) is 19.9 Å². The van der Waals surface area contributed by atoms with Crippen molar-refractivity contribution in [1.29, 1.82) is 0 Å². The molecule has 156 valence electrons. The predicted molar refractivity (Wildman–Crippen MR) is 107 cm³/mol. The van der Waals surface area contributed by atoms with Crippen LogP contribution in [0, 0.1) is 5.92 Å². The highest BCUT2D eigenvalue weighted by Gasteiger charge is 2.24. The van der Waals surface area contributed by atoms with Gasteiger partial charge >= 0.3 is 0 Å². The van der Waals surface area contributed by atoms with E-state index in [9.17, 15) is 9.59 Å². The molecule has 1 amide bonds. The average molecular weight is 392 g/mol. The molecule has 1 saturated heterocycles. The average Bonchev–Trinajstić information content (AvgIpc) is 3.05. The van der Waals surface area contributed by atoms with Crippen LogP contribution in [0.1, 0.15) is 52.4 Å². The lowest BCUT2D eigenvalue weighted by molar-refractivity contribution is -0.124. The number of nitrogens with zero attached hydrogens (tertiary/aromatic N) is 1. The van der Waals surface area contributed by atoms with Crippen molar-refractivity contribution in [1.82, 2.24) is 5.48 Å². The highest BCUT2D eigenvalue weighted by molar-refractivity contribution is 6.09. The molecule has 0 aromatic heterocycles. The first-order chi connectivity index (χ1) is 13.5. The Kier molecular flexibility index (Phi) is 9.70. The Balaban J connectivity index is 1.77. The first-order valence-electron chi connectivity index (χ1n) is 10.2. The Morgan fingerprint density at radius 1 is 1.50 bits per heavy atom. The summed E-state index contributed by atoms with van der Waals surface area (Å²) in [5.74, 6) is -0.0114. The van der Waals surface area contributed by atoms with E-state index in [1.54, 1.807) is 0 Å². The van der Waals surface area contributed by atoms with Crippen LogP contribution in [0.2, 0.25) is 0 Å². The summed E-state index contributed by atoms with van der Waals surface area (Å²) in [6.07, 6.45) is 9.65. The highest BCUT2D eigenvalue weighted by atomic mass is 16.6. The number of hydrogen-bond donors (Lipinski definition) is 2. The number of aliphatic hydroxyl groups excluding tert-OH is 1. The van der Waals surface area contributed by atoms with Crippen molar-refractivity contribution >= 4 is 17.4 Å². The third-order valence-electron chi connectivity index (χ3n) is 5.11. The Bertz CT molecular complexity index is 626. The largest absolute Gasteiger partial charge is 0.396 e. The van der Waals surface area contributed by atoms with Crippen molar-refractivity contribution in [2.45, 2.75) is 64.6 Å². The number of amides is 1. The number of hydrogen-bond acceptors (Lipinski definition) is 6. The van der Waals surface area contributed by atoms with E-state index in [0.717, 1.165) is 19.3 Å². The number of aliphatic imine (C=N–C) groups is 1. The molecule has 7 nitrogen and oxygen atoms in total. The van der Waals surface area contributed by atoms with E-state index in [0.29, 0.717) is 43.7 Å². The number of allylic oxidation sites excluding steroid dienone is 1. The van der Waals surface area contributed by atoms with Gasteiger partial charge in [-0.3, -0.25) is 9.59 Å². The molecule has 2 unspecified atom stereocenters. The van der Waals surface area contributed by atoms with Crippen molar-refractivity contribution in [2.24, 2.45) is 10.9 Å². The van der Waals surface area contributed by atoms with E-state index >= 15 is 0 Å². The number of carbonyl (C=O) groups is 2. The SMILES string of the molecule is CCC(C)C(=O)CCONCC1=NC(=O)/C(=C\C2CC[C@@H](CCO)O2)CC=C1. The predicted octanol–water partition coefficient (Wildman–Crippen LogP) is 2.30. The quantitative estimate of drug-likeness (QED) is 0.318. The number of rotatable bonds is 11. The number of aliphatic hydroxyl groups is 1. The maximum absolute atomic E-state index is 12.4. The molecule has 7 heteroatoms. The molecule has 0 spiro atoms. The van der Waals surface area contributed by atoms with Crippen LogP contribution in [0.4, 0.5) is 0 Å². The standard InChI is InChI=1S/C21H32N2O5/c1-3-15(2)20(25)10-12-27-22-14-17-6-4-5-16(21(26)23-17)13-19-8-7-18(28-19)9-11-24/h4,6,13,15,18-19,22,24H,3,5,7-12,14H2,1-2H3/b16-13-/t15?,18-,19?/m0/s1. The van der Waals surface area contributed by atoms with E-state index in [1.807, 2.05) is 32.1 Å². The number of hydroxylamine groups is 1. The second-order valence-corrected chi connectivity index (χ2v) is 7.29. The minimum absolute atomic E-state index is 0.0587. The van der Waals surface area contributed by atoms with Gasteiger partial charge in [0.05, 0.1) is 31.1 Å². The normalized spacial score (nSPS) is 25.0. The number of carbonyl (C=O) groups excluding carboxylic acids is 2. The molecule has 2 rings (SSSR count). The minimum atomic E-state index is -0.261. The smallest absolute Gasteiger partial charge is 0.273 e. The van der Waals surface area contributed by atoms with Gasteiger partial charge in [0.25, 0.3) is 5.91 Å². The van der Waals surface area contributed by atoms with Gasteiger partial charge in [0.2, 0.25) is 0 Å². The Hall–Kier alpha value is -1.67. The molecule has 0 bridgehead atoms. The zero-order chi connectivity index (χ0) is 20.4. The maximum Gasteiger partial charge on any atom is 0.273 e. The summed E-state index contributed by atoms with van der Waals surface area (Å²) in [4.78, 5) is 33.6. The molecule has 0 radical (unpaired) electrons. The summed E-state index contributed by atoms with van der Waals surface area (Å²) >= 11 is 0. The van der Waals surface area contributed by atoms with Gasteiger partial charge in [0, 0.05) is 24.5 Å². The summed E-state index contributed by atoms with van der Waals surface area (Å²) in [5.41, 5.74) is 3.99. The number of ether oxygens (including phenoxy) is 1. The van der Waals surface area contributed by atoms with E-state index in [4.69, 9.17) is 14.7 Å². The Morgan fingerprint density at radius 2 is 2.32 bits per heavy atom. The van der Waals surface area contributed by atoms with Gasteiger partial charge < -0.3 is 14.7 Å². The summed E-state index contributed by atoms with van der Waals surface area (Å²) in [6.45, 7) is 4.62. The lowest BCUT2D eigenvalue weighted by Crippen LogP contribution is -2.24. The van der Waals surface area contributed by atoms with Crippen molar-refractivity contribution in [3.63, 3.8) is 0 Å². The van der Waals surface area contributed by atoms with Gasteiger partial charge in [-0.2, -0.15) is 5.48 Å².